The summed E-state index contributed by atoms with van der Waals surface area (Å²) < 4.78 is 30.0. The zero-order chi connectivity index (χ0) is 16.3. The largest absolute Gasteiger partial charge is 0.496 e. The molecule has 0 fully saturated rings. The van der Waals surface area contributed by atoms with Crippen molar-refractivity contribution in [2.24, 2.45) is 0 Å². The predicted molar refractivity (Wildman–Crippen MR) is 89.0 cm³/mol. The van der Waals surface area contributed by atoms with Gasteiger partial charge in [-0.3, -0.25) is 5.10 Å². The second-order valence-corrected chi connectivity index (χ2v) is 7.94. The summed E-state index contributed by atoms with van der Waals surface area (Å²) in [5.41, 5.74) is 0.632. The van der Waals surface area contributed by atoms with Gasteiger partial charge in [0.2, 0.25) is 0 Å². The lowest BCUT2D eigenvalue weighted by Gasteiger charge is -2.08. The zero-order valence-electron chi connectivity index (χ0n) is 12.4. The SMILES string of the molecule is COc1ccccc1CS(=O)(=O)Cc1nc(-c2cccs2)n[nH]1. The van der Waals surface area contributed by atoms with Crippen molar-refractivity contribution < 1.29 is 13.2 Å². The summed E-state index contributed by atoms with van der Waals surface area (Å²) >= 11 is 1.50. The summed E-state index contributed by atoms with van der Waals surface area (Å²) in [6, 6.07) is 10.9. The highest BCUT2D eigenvalue weighted by Gasteiger charge is 2.18. The van der Waals surface area contributed by atoms with Gasteiger partial charge in [-0.25, -0.2) is 13.4 Å². The van der Waals surface area contributed by atoms with Crippen LogP contribution < -0.4 is 4.74 Å². The molecule has 8 heteroatoms. The molecule has 0 radical (unpaired) electrons. The van der Waals surface area contributed by atoms with Crippen molar-refractivity contribution in [2.75, 3.05) is 7.11 Å². The number of nitrogens with one attached hydrogen (secondary N) is 1. The molecule has 1 aromatic carbocycles. The van der Waals surface area contributed by atoms with Gasteiger partial charge in [0.15, 0.2) is 15.7 Å². The Morgan fingerprint density at radius 3 is 2.74 bits per heavy atom. The van der Waals surface area contributed by atoms with Crippen LogP contribution in [0.5, 0.6) is 5.75 Å². The summed E-state index contributed by atoms with van der Waals surface area (Å²) in [6.07, 6.45) is 0. The van der Waals surface area contributed by atoms with Gasteiger partial charge < -0.3 is 4.74 Å². The maximum Gasteiger partial charge on any atom is 0.191 e. The van der Waals surface area contributed by atoms with Crippen molar-refractivity contribution in [3.63, 3.8) is 0 Å². The van der Waals surface area contributed by atoms with Crippen LogP contribution in [0.1, 0.15) is 11.4 Å². The standard InChI is InChI=1S/C15H15N3O3S2/c1-21-12-6-3-2-5-11(12)9-23(19,20)10-14-16-15(18-17-14)13-7-4-8-22-13/h2-8H,9-10H2,1H3,(H,16,17,18). The number of hydrogen-bond donors (Lipinski definition) is 1. The van der Waals surface area contributed by atoms with Crippen molar-refractivity contribution in [1.29, 1.82) is 0 Å². The van der Waals surface area contributed by atoms with E-state index in [0.29, 0.717) is 23.0 Å². The molecule has 0 spiro atoms. The Labute approximate surface area is 138 Å². The minimum absolute atomic E-state index is 0.105. The third-order valence-electron chi connectivity index (χ3n) is 3.20. The molecule has 0 unspecified atom stereocenters. The number of methoxy groups -OCH3 is 1. The van der Waals surface area contributed by atoms with Crippen LogP contribution in [-0.2, 0) is 21.3 Å². The monoisotopic (exact) mass is 349 g/mol. The van der Waals surface area contributed by atoms with Crippen LogP contribution in [0.3, 0.4) is 0 Å². The number of thiophene rings is 1. The van der Waals surface area contributed by atoms with Gasteiger partial charge >= 0.3 is 0 Å². The van der Waals surface area contributed by atoms with Crippen molar-refractivity contribution >= 4 is 21.2 Å². The summed E-state index contributed by atoms with van der Waals surface area (Å²) in [6.45, 7) is 0. The van der Waals surface area contributed by atoms with Crippen LogP contribution >= 0.6 is 11.3 Å². The van der Waals surface area contributed by atoms with Crippen LogP contribution in [0.15, 0.2) is 41.8 Å². The minimum atomic E-state index is -3.39. The first-order chi connectivity index (χ1) is 11.1. The number of rotatable bonds is 6. The summed E-state index contributed by atoms with van der Waals surface area (Å²) in [5.74, 6) is 1.12. The maximum atomic E-state index is 12.4. The third kappa shape index (κ3) is 3.77. The third-order valence-corrected chi connectivity index (χ3v) is 5.53. The second kappa shape index (κ2) is 6.51. The van der Waals surface area contributed by atoms with Crippen LogP contribution in [0.2, 0.25) is 0 Å². The number of aromatic nitrogens is 3. The Hall–Kier alpha value is -2.19. The van der Waals surface area contributed by atoms with Gasteiger partial charge in [-0.15, -0.1) is 11.3 Å². The van der Waals surface area contributed by atoms with E-state index in [1.165, 1.54) is 18.4 Å². The van der Waals surface area contributed by atoms with Gasteiger partial charge in [-0.05, 0) is 17.5 Å². The van der Waals surface area contributed by atoms with Gasteiger partial charge in [0.25, 0.3) is 0 Å². The van der Waals surface area contributed by atoms with Gasteiger partial charge in [0.1, 0.15) is 17.3 Å². The molecule has 3 rings (SSSR count). The average Bonchev–Trinajstić information content (AvgIpc) is 3.18. The topological polar surface area (TPSA) is 84.9 Å². The van der Waals surface area contributed by atoms with E-state index in [1.807, 2.05) is 17.5 Å². The van der Waals surface area contributed by atoms with E-state index < -0.39 is 9.84 Å². The molecule has 3 aromatic rings. The van der Waals surface area contributed by atoms with Gasteiger partial charge in [-0.1, -0.05) is 24.3 Å². The van der Waals surface area contributed by atoms with E-state index in [2.05, 4.69) is 15.2 Å². The first-order valence-electron chi connectivity index (χ1n) is 6.85. The molecule has 0 saturated heterocycles. The fraction of sp³-hybridized carbons (Fsp3) is 0.200. The number of hydrogen-bond acceptors (Lipinski definition) is 6. The number of sulfone groups is 1. The Bertz CT molecular complexity index is 886. The molecule has 0 atom stereocenters. The van der Waals surface area contributed by atoms with E-state index in [-0.39, 0.29) is 11.5 Å². The van der Waals surface area contributed by atoms with Gasteiger partial charge in [-0.2, -0.15) is 5.10 Å². The lowest BCUT2D eigenvalue weighted by molar-refractivity contribution is 0.411. The summed E-state index contributed by atoms with van der Waals surface area (Å²) in [5, 5.41) is 8.69. The van der Waals surface area contributed by atoms with E-state index in [9.17, 15) is 8.42 Å². The van der Waals surface area contributed by atoms with Crippen LogP contribution in [0.4, 0.5) is 0 Å². The lowest BCUT2D eigenvalue weighted by atomic mass is 10.2. The molecule has 6 nitrogen and oxygen atoms in total. The number of H-pyrrole nitrogens is 1. The Kier molecular flexibility index (Phi) is 4.44. The molecule has 1 N–H and O–H groups in total. The van der Waals surface area contributed by atoms with Crippen molar-refractivity contribution in [3.05, 3.63) is 53.2 Å². The molecular weight excluding hydrogens is 334 g/mol. The van der Waals surface area contributed by atoms with Crippen molar-refractivity contribution in [1.82, 2.24) is 15.2 Å². The zero-order valence-corrected chi connectivity index (χ0v) is 14.0. The molecular formula is C15H15N3O3S2. The Morgan fingerprint density at radius 1 is 1.17 bits per heavy atom. The molecule has 23 heavy (non-hydrogen) atoms. The fourth-order valence-electron chi connectivity index (χ4n) is 2.19. The van der Waals surface area contributed by atoms with Gasteiger partial charge in [0, 0.05) is 5.56 Å². The van der Waals surface area contributed by atoms with E-state index in [4.69, 9.17) is 4.74 Å². The lowest BCUT2D eigenvalue weighted by Crippen LogP contribution is -2.09. The smallest absolute Gasteiger partial charge is 0.191 e. The first kappa shape index (κ1) is 15.7. The van der Waals surface area contributed by atoms with E-state index in [0.717, 1.165) is 4.88 Å². The maximum absolute atomic E-state index is 12.4. The number of aromatic amines is 1. The van der Waals surface area contributed by atoms with Crippen molar-refractivity contribution in [2.45, 2.75) is 11.5 Å². The van der Waals surface area contributed by atoms with Crippen LogP contribution in [-0.4, -0.2) is 30.7 Å². The highest BCUT2D eigenvalue weighted by molar-refractivity contribution is 7.89. The molecule has 0 amide bonds. The minimum Gasteiger partial charge on any atom is -0.496 e. The molecule has 0 aliphatic carbocycles. The highest BCUT2D eigenvalue weighted by atomic mass is 32.2. The van der Waals surface area contributed by atoms with Gasteiger partial charge in [0.05, 0.1) is 17.7 Å². The normalized spacial score (nSPS) is 11.5. The second-order valence-electron chi connectivity index (χ2n) is 4.93. The Morgan fingerprint density at radius 2 is 2.00 bits per heavy atom. The van der Waals surface area contributed by atoms with Crippen molar-refractivity contribution in [3.8, 4) is 16.5 Å². The molecule has 2 aromatic heterocycles. The van der Waals surface area contributed by atoms with E-state index >= 15 is 0 Å². The Balaban J connectivity index is 1.76. The molecule has 120 valence electrons. The molecule has 0 aliphatic heterocycles. The molecule has 2 heterocycles. The molecule has 0 aliphatic rings. The quantitative estimate of drug-likeness (QED) is 0.739. The highest BCUT2D eigenvalue weighted by Crippen LogP contribution is 2.23. The van der Waals surface area contributed by atoms with Crippen LogP contribution in [0, 0.1) is 0 Å². The predicted octanol–water partition coefficient (Wildman–Crippen LogP) is 2.66. The number of benzene rings is 1. The summed E-state index contributed by atoms with van der Waals surface area (Å²) in [7, 11) is -1.86. The molecule has 0 bridgehead atoms. The average molecular weight is 349 g/mol. The number of nitrogens with zero attached hydrogens (tertiary/aromatic N) is 2. The fourth-order valence-corrected chi connectivity index (χ4v) is 4.21. The molecule has 0 saturated carbocycles. The first-order valence-corrected chi connectivity index (χ1v) is 9.55. The van der Waals surface area contributed by atoms with E-state index in [1.54, 1.807) is 24.3 Å². The number of ether oxygens (including phenoxy) is 1. The van der Waals surface area contributed by atoms with Crippen LogP contribution in [0.25, 0.3) is 10.7 Å². The number of para-hydroxylation sites is 1. The summed E-state index contributed by atoms with van der Waals surface area (Å²) in [4.78, 5) is 5.15.